The predicted octanol–water partition coefficient (Wildman–Crippen LogP) is 4.32. The average molecular weight is 367 g/mol. The number of rotatable bonds is 6. The lowest BCUT2D eigenvalue weighted by Gasteiger charge is -2.19. The molecule has 0 spiro atoms. The molecule has 0 radical (unpaired) electrons. The second-order valence-corrected chi connectivity index (χ2v) is 6.49. The molecular formula is C22H25NO4. The summed E-state index contributed by atoms with van der Waals surface area (Å²) in [5.74, 6) is 1.41. The molecule has 0 aliphatic rings. The van der Waals surface area contributed by atoms with Crippen LogP contribution >= 0.6 is 0 Å². The average Bonchev–Trinajstić information content (AvgIpc) is 2.68. The second kappa shape index (κ2) is 7.84. The number of fused-ring (bicyclic) bond motifs is 1. The molecule has 142 valence electrons. The van der Waals surface area contributed by atoms with E-state index in [0.29, 0.717) is 34.4 Å². The Kier molecular flexibility index (Phi) is 5.51. The summed E-state index contributed by atoms with van der Waals surface area (Å²) in [7, 11) is 1.61. The van der Waals surface area contributed by atoms with Gasteiger partial charge in [-0.05, 0) is 49.8 Å². The van der Waals surface area contributed by atoms with E-state index in [1.54, 1.807) is 26.2 Å². The Morgan fingerprint density at radius 2 is 1.74 bits per heavy atom. The van der Waals surface area contributed by atoms with E-state index in [4.69, 9.17) is 9.15 Å². The number of methoxy groups -OCH3 is 1. The fourth-order valence-corrected chi connectivity index (χ4v) is 3.33. The highest BCUT2D eigenvalue weighted by molar-refractivity contribution is 5.86. The third-order valence-corrected chi connectivity index (χ3v) is 4.97. The quantitative estimate of drug-likeness (QED) is 0.703. The summed E-state index contributed by atoms with van der Waals surface area (Å²) in [6.45, 7) is 8.13. The number of benzene rings is 2. The predicted molar refractivity (Wildman–Crippen MR) is 107 cm³/mol. The van der Waals surface area contributed by atoms with Gasteiger partial charge in [0.15, 0.2) is 0 Å². The number of aromatic hydroxyl groups is 1. The smallest absolute Gasteiger partial charge is 0.200 e. The number of phenolic OH excluding ortho intramolecular Hbond substituents is 1. The van der Waals surface area contributed by atoms with Gasteiger partial charge in [0.2, 0.25) is 5.43 Å². The molecule has 3 aromatic rings. The molecule has 5 heteroatoms. The number of hydrogen-bond acceptors (Lipinski definition) is 5. The Labute approximate surface area is 158 Å². The summed E-state index contributed by atoms with van der Waals surface area (Å²) in [4.78, 5) is 15.4. The van der Waals surface area contributed by atoms with Crippen molar-refractivity contribution in [2.45, 2.75) is 27.3 Å². The maximum atomic E-state index is 13.2. The molecule has 0 fully saturated rings. The summed E-state index contributed by atoms with van der Waals surface area (Å²) in [6.07, 6.45) is 0. The van der Waals surface area contributed by atoms with Crippen LogP contribution in [0.3, 0.4) is 0 Å². The molecule has 0 bridgehead atoms. The van der Waals surface area contributed by atoms with Crippen molar-refractivity contribution < 1.29 is 14.3 Å². The number of aryl methyl sites for hydroxylation is 1. The van der Waals surface area contributed by atoms with Crippen molar-refractivity contribution >= 4 is 11.0 Å². The molecule has 5 nitrogen and oxygen atoms in total. The van der Waals surface area contributed by atoms with E-state index in [1.165, 1.54) is 0 Å². The first-order chi connectivity index (χ1) is 13.0. The van der Waals surface area contributed by atoms with Crippen LogP contribution in [-0.2, 0) is 6.54 Å². The number of ether oxygens (including phenoxy) is 1. The van der Waals surface area contributed by atoms with E-state index < -0.39 is 0 Å². The zero-order chi connectivity index (χ0) is 19.6. The van der Waals surface area contributed by atoms with Gasteiger partial charge in [-0.15, -0.1) is 0 Å². The number of phenols is 1. The van der Waals surface area contributed by atoms with Crippen LogP contribution in [0.25, 0.3) is 22.1 Å². The number of hydrogen-bond donors (Lipinski definition) is 1. The highest BCUT2D eigenvalue weighted by Crippen LogP contribution is 2.31. The fourth-order valence-electron chi connectivity index (χ4n) is 3.33. The van der Waals surface area contributed by atoms with Gasteiger partial charge < -0.3 is 14.3 Å². The van der Waals surface area contributed by atoms with Gasteiger partial charge in [-0.3, -0.25) is 9.69 Å². The highest BCUT2D eigenvalue weighted by atomic mass is 16.5. The Morgan fingerprint density at radius 3 is 2.33 bits per heavy atom. The maximum absolute atomic E-state index is 13.2. The van der Waals surface area contributed by atoms with E-state index >= 15 is 0 Å². The third kappa shape index (κ3) is 3.55. The topological polar surface area (TPSA) is 62.9 Å². The van der Waals surface area contributed by atoms with Crippen LogP contribution in [0.2, 0.25) is 0 Å². The molecule has 0 saturated carbocycles. The minimum Gasteiger partial charge on any atom is -0.507 e. The Morgan fingerprint density at radius 1 is 1.07 bits per heavy atom. The molecule has 0 atom stereocenters. The zero-order valence-corrected chi connectivity index (χ0v) is 16.2. The van der Waals surface area contributed by atoms with Crippen molar-refractivity contribution in [3.8, 4) is 22.6 Å². The largest absolute Gasteiger partial charge is 0.507 e. The van der Waals surface area contributed by atoms with Gasteiger partial charge in [0.05, 0.1) is 23.6 Å². The lowest BCUT2D eigenvalue weighted by atomic mass is 10.0. The van der Waals surface area contributed by atoms with Gasteiger partial charge in [0.1, 0.15) is 22.8 Å². The minimum absolute atomic E-state index is 0.0975. The monoisotopic (exact) mass is 367 g/mol. The van der Waals surface area contributed by atoms with Gasteiger partial charge in [0, 0.05) is 6.54 Å². The summed E-state index contributed by atoms with van der Waals surface area (Å²) >= 11 is 0. The standard InChI is InChI=1S/C22H25NO4/c1-5-23(6-2)13-18-19(24)12-11-17-21(25)20(14(3)27-22(17)18)15-7-9-16(26-4)10-8-15/h7-12,24H,5-6,13H2,1-4H3. The normalized spacial score (nSPS) is 11.3. The summed E-state index contributed by atoms with van der Waals surface area (Å²) < 4.78 is 11.3. The van der Waals surface area contributed by atoms with Gasteiger partial charge in [-0.1, -0.05) is 26.0 Å². The van der Waals surface area contributed by atoms with Crippen LogP contribution in [0.15, 0.2) is 45.6 Å². The van der Waals surface area contributed by atoms with E-state index in [1.807, 2.05) is 24.3 Å². The third-order valence-electron chi connectivity index (χ3n) is 4.97. The van der Waals surface area contributed by atoms with Gasteiger partial charge in [-0.25, -0.2) is 0 Å². The van der Waals surface area contributed by atoms with Crippen LogP contribution in [-0.4, -0.2) is 30.2 Å². The Hall–Kier alpha value is -2.79. The fraction of sp³-hybridized carbons (Fsp3) is 0.318. The van der Waals surface area contributed by atoms with Crippen molar-refractivity contribution in [3.05, 3.63) is 57.9 Å². The van der Waals surface area contributed by atoms with E-state index in [0.717, 1.165) is 24.4 Å². The summed E-state index contributed by atoms with van der Waals surface area (Å²) in [6, 6.07) is 10.5. The van der Waals surface area contributed by atoms with Crippen LogP contribution in [0.1, 0.15) is 25.2 Å². The van der Waals surface area contributed by atoms with Gasteiger partial charge >= 0.3 is 0 Å². The van der Waals surface area contributed by atoms with Crippen molar-refractivity contribution in [2.75, 3.05) is 20.2 Å². The minimum atomic E-state index is -0.0975. The first-order valence-electron chi connectivity index (χ1n) is 9.15. The lowest BCUT2D eigenvalue weighted by Crippen LogP contribution is -2.22. The first kappa shape index (κ1) is 19.0. The molecule has 1 aromatic heterocycles. The number of nitrogens with zero attached hydrogens (tertiary/aromatic N) is 1. The molecule has 0 saturated heterocycles. The molecule has 2 aromatic carbocycles. The molecule has 3 rings (SSSR count). The van der Waals surface area contributed by atoms with Crippen LogP contribution < -0.4 is 10.2 Å². The Bertz CT molecular complexity index is 1000. The Balaban J connectivity index is 2.20. The highest BCUT2D eigenvalue weighted by Gasteiger charge is 2.19. The molecule has 1 heterocycles. The molecule has 0 unspecified atom stereocenters. The SMILES string of the molecule is CCN(CC)Cc1c(O)ccc2c(=O)c(-c3ccc(OC)cc3)c(C)oc12. The lowest BCUT2D eigenvalue weighted by molar-refractivity contribution is 0.290. The second-order valence-electron chi connectivity index (χ2n) is 6.49. The van der Waals surface area contributed by atoms with Crippen LogP contribution in [0.5, 0.6) is 11.5 Å². The van der Waals surface area contributed by atoms with Crippen LogP contribution in [0, 0.1) is 6.92 Å². The molecule has 0 amide bonds. The van der Waals surface area contributed by atoms with Crippen molar-refractivity contribution in [1.29, 1.82) is 0 Å². The molecule has 0 aliphatic heterocycles. The van der Waals surface area contributed by atoms with Gasteiger partial charge in [0.25, 0.3) is 0 Å². The first-order valence-corrected chi connectivity index (χ1v) is 9.15. The van der Waals surface area contributed by atoms with E-state index in [-0.39, 0.29) is 11.2 Å². The maximum Gasteiger partial charge on any atom is 0.200 e. The van der Waals surface area contributed by atoms with Gasteiger partial charge in [-0.2, -0.15) is 0 Å². The van der Waals surface area contributed by atoms with Crippen molar-refractivity contribution in [3.63, 3.8) is 0 Å². The van der Waals surface area contributed by atoms with E-state index in [9.17, 15) is 9.90 Å². The molecule has 27 heavy (non-hydrogen) atoms. The molecular weight excluding hydrogens is 342 g/mol. The molecule has 1 N–H and O–H groups in total. The van der Waals surface area contributed by atoms with E-state index in [2.05, 4.69) is 18.7 Å². The zero-order valence-electron chi connectivity index (χ0n) is 16.2. The summed E-state index contributed by atoms with van der Waals surface area (Å²) in [5, 5.41) is 10.8. The van der Waals surface area contributed by atoms with Crippen molar-refractivity contribution in [1.82, 2.24) is 4.90 Å². The summed E-state index contributed by atoms with van der Waals surface area (Å²) in [5.41, 5.74) is 2.33. The van der Waals surface area contributed by atoms with Crippen LogP contribution in [0.4, 0.5) is 0 Å². The molecule has 0 aliphatic carbocycles. The van der Waals surface area contributed by atoms with Crippen molar-refractivity contribution in [2.24, 2.45) is 0 Å².